The van der Waals surface area contributed by atoms with Gasteiger partial charge in [-0.1, -0.05) is 44.7 Å². The Morgan fingerprint density at radius 2 is 1.85 bits per heavy atom. The predicted octanol–water partition coefficient (Wildman–Crippen LogP) is 2.78. The van der Waals surface area contributed by atoms with Gasteiger partial charge in [0.2, 0.25) is 11.8 Å². The van der Waals surface area contributed by atoms with Gasteiger partial charge in [0, 0.05) is 38.3 Å². The molecule has 0 aromatic heterocycles. The van der Waals surface area contributed by atoms with Crippen LogP contribution in [0.4, 0.5) is 5.69 Å². The number of carbonyl (C=O) groups is 3. The molecular formula is C29H45N7O3S. The fraction of sp³-hybridized carbons (Fsp3) is 0.586. The topological polar surface area (TPSA) is 144 Å². The zero-order valence-electron chi connectivity index (χ0n) is 24.5. The molecule has 2 rings (SSSR count). The number of amides is 3. The average Bonchev–Trinajstić information content (AvgIpc) is 3.29. The second kappa shape index (κ2) is 16.1. The van der Waals surface area contributed by atoms with Crippen LogP contribution in [0, 0.1) is 11.3 Å². The van der Waals surface area contributed by atoms with Crippen LogP contribution in [0.25, 0.3) is 0 Å². The maximum absolute atomic E-state index is 13.0. The van der Waals surface area contributed by atoms with Crippen LogP contribution in [0.2, 0.25) is 0 Å². The number of thioether (sulfide) groups is 1. The molecule has 1 aromatic carbocycles. The Kier molecular flexibility index (Phi) is 13.3. The molecule has 5 N–H and O–H groups in total. The van der Waals surface area contributed by atoms with Crippen LogP contribution in [-0.4, -0.2) is 77.6 Å². The van der Waals surface area contributed by atoms with Gasteiger partial charge in [0.15, 0.2) is 0 Å². The van der Waals surface area contributed by atoms with Gasteiger partial charge in [0.25, 0.3) is 5.91 Å². The van der Waals surface area contributed by atoms with E-state index in [2.05, 4.69) is 40.8 Å². The molecule has 2 atom stereocenters. The fourth-order valence-electron chi connectivity index (χ4n) is 4.20. The second-order valence-electron chi connectivity index (χ2n) is 9.97. The smallest absolute Gasteiger partial charge is 0.271 e. The molecule has 1 saturated heterocycles. The van der Waals surface area contributed by atoms with E-state index in [0.717, 1.165) is 43.7 Å². The van der Waals surface area contributed by atoms with Crippen LogP contribution in [0.1, 0.15) is 59.4 Å². The minimum Gasteiger partial charge on any atom is -0.392 e. The molecule has 10 nitrogen and oxygen atoms in total. The Balaban J connectivity index is 1.86. The zero-order valence-corrected chi connectivity index (χ0v) is 25.3. The van der Waals surface area contributed by atoms with E-state index in [9.17, 15) is 19.6 Å². The van der Waals surface area contributed by atoms with E-state index < -0.39 is 16.7 Å². The number of hydrogen-bond donors (Lipinski definition) is 4. The van der Waals surface area contributed by atoms with Gasteiger partial charge in [-0.15, -0.1) is 0 Å². The van der Waals surface area contributed by atoms with Gasteiger partial charge >= 0.3 is 0 Å². The highest BCUT2D eigenvalue weighted by Gasteiger charge is 2.39. The van der Waals surface area contributed by atoms with Crippen molar-refractivity contribution in [3.8, 4) is 6.07 Å². The quantitative estimate of drug-likeness (QED) is 0.222. The van der Waals surface area contributed by atoms with Gasteiger partial charge in [-0.3, -0.25) is 14.4 Å². The first kappa shape index (κ1) is 33.0. The van der Waals surface area contributed by atoms with Gasteiger partial charge in [0.05, 0.1) is 6.07 Å². The minimum absolute atomic E-state index is 0.0560. The molecule has 0 saturated carbocycles. The van der Waals surface area contributed by atoms with Crippen LogP contribution in [-0.2, 0) is 20.8 Å². The van der Waals surface area contributed by atoms with Crippen molar-refractivity contribution in [3.05, 3.63) is 40.6 Å². The number of nitrogens with one attached hydrogen (secondary N) is 3. The normalized spacial score (nSPS) is 17.8. The lowest BCUT2D eigenvalue weighted by Crippen LogP contribution is -2.46. The number of nitrogens with zero attached hydrogens (tertiary/aromatic N) is 3. The molecule has 1 aromatic rings. The van der Waals surface area contributed by atoms with Crippen LogP contribution in [0.5, 0.6) is 0 Å². The van der Waals surface area contributed by atoms with E-state index in [1.54, 1.807) is 6.92 Å². The third-order valence-electron chi connectivity index (χ3n) is 7.13. The van der Waals surface area contributed by atoms with Crippen molar-refractivity contribution in [2.24, 2.45) is 5.73 Å². The van der Waals surface area contributed by atoms with E-state index in [1.807, 2.05) is 38.1 Å². The van der Waals surface area contributed by atoms with E-state index in [1.165, 1.54) is 16.7 Å². The summed E-state index contributed by atoms with van der Waals surface area (Å²) in [5.74, 6) is -0.585. The van der Waals surface area contributed by atoms with Crippen molar-refractivity contribution in [2.45, 2.75) is 71.1 Å². The van der Waals surface area contributed by atoms with Crippen LogP contribution < -0.4 is 21.7 Å². The summed E-state index contributed by atoms with van der Waals surface area (Å²) in [5, 5.41) is 18.3. The van der Waals surface area contributed by atoms with Crippen molar-refractivity contribution in [2.75, 3.05) is 44.6 Å². The SMILES string of the molecule is CCN(CC)CCNC(=O)CCCc1ccc(NC[C@H]2S/C(=C(/N)C(=O)NC(C)(C#N)CC)N(CC)C2=O)cc1. The summed E-state index contributed by atoms with van der Waals surface area (Å²) >= 11 is 1.26. The number of nitriles is 1. The average molecular weight is 572 g/mol. The Bertz CT molecular complexity index is 1080. The van der Waals surface area contributed by atoms with Gasteiger partial charge in [0.1, 0.15) is 21.5 Å². The standard InChI is InChI=1S/C29H45N7O3S/c1-6-29(5,20-30)34-26(38)25(31)28-36(9-4)27(39)23(40-28)19-33-22-15-13-21(14-16-22)11-10-12-24(37)32-17-18-35(7-2)8-3/h13-16,23,33H,6-12,17-19,31H2,1-5H3,(H,32,37)(H,34,38)/b28-25+/t23-,29?/m1/s1. The Labute approximate surface area is 243 Å². The van der Waals surface area contributed by atoms with Gasteiger partial charge < -0.3 is 31.5 Å². The number of nitrogens with two attached hydrogens (primary N) is 1. The fourth-order valence-corrected chi connectivity index (χ4v) is 5.44. The second-order valence-corrected chi connectivity index (χ2v) is 11.2. The van der Waals surface area contributed by atoms with E-state index in [4.69, 9.17) is 5.73 Å². The molecule has 0 radical (unpaired) electrons. The first-order valence-corrected chi connectivity index (χ1v) is 15.0. The summed E-state index contributed by atoms with van der Waals surface area (Å²) in [6.07, 6.45) is 2.52. The molecule has 0 aliphatic carbocycles. The number of carbonyl (C=O) groups excluding carboxylic acids is 3. The molecule has 3 amide bonds. The zero-order chi connectivity index (χ0) is 29.7. The molecule has 1 unspecified atom stereocenters. The summed E-state index contributed by atoms with van der Waals surface area (Å²) < 4.78 is 0. The first-order chi connectivity index (χ1) is 19.1. The van der Waals surface area contributed by atoms with E-state index in [0.29, 0.717) is 37.5 Å². The highest BCUT2D eigenvalue weighted by molar-refractivity contribution is 8.04. The molecule has 1 aliphatic rings. The molecule has 1 fully saturated rings. The molecule has 1 aliphatic heterocycles. The minimum atomic E-state index is -1.03. The summed E-state index contributed by atoms with van der Waals surface area (Å²) in [6.45, 7) is 13.8. The third kappa shape index (κ3) is 9.45. The molecule has 1 heterocycles. The van der Waals surface area contributed by atoms with Crippen molar-refractivity contribution < 1.29 is 14.4 Å². The molecule has 0 bridgehead atoms. The van der Waals surface area contributed by atoms with Crippen LogP contribution in [0.3, 0.4) is 0 Å². The van der Waals surface area contributed by atoms with Crippen LogP contribution in [0.15, 0.2) is 35.0 Å². The van der Waals surface area contributed by atoms with Crippen LogP contribution >= 0.6 is 11.8 Å². The number of likely N-dealkylation sites (N-methyl/N-ethyl adjacent to an activating group) is 1. The lowest BCUT2D eigenvalue weighted by molar-refractivity contribution is -0.127. The summed E-state index contributed by atoms with van der Waals surface area (Å²) in [4.78, 5) is 41.6. The van der Waals surface area contributed by atoms with Crippen molar-refractivity contribution in [1.82, 2.24) is 20.4 Å². The predicted molar refractivity (Wildman–Crippen MR) is 161 cm³/mol. The monoisotopic (exact) mass is 571 g/mol. The number of rotatable bonds is 16. The number of hydrogen-bond acceptors (Lipinski definition) is 8. The van der Waals surface area contributed by atoms with Gasteiger partial charge in [-0.25, -0.2) is 0 Å². The first-order valence-electron chi connectivity index (χ1n) is 14.1. The number of benzene rings is 1. The largest absolute Gasteiger partial charge is 0.392 e. The molecule has 0 spiro atoms. The lowest BCUT2D eigenvalue weighted by Gasteiger charge is -2.22. The summed E-state index contributed by atoms with van der Waals surface area (Å²) in [5.41, 5.74) is 7.09. The van der Waals surface area contributed by atoms with E-state index in [-0.39, 0.29) is 17.5 Å². The Hall–Kier alpha value is -3.23. The highest BCUT2D eigenvalue weighted by Crippen LogP contribution is 2.36. The molecule has 220 valence electrons. The Morgan fingerprint density at radius 1 is 1.18 bits per heavy atom. The summed E-state index contributed by atoms with van der Waals surface area (Å²) in [6, 6.07) is 10.1. The third-order valence-corrected chi connectivity index (χ3v) is 8.45. The van der Waals surface area contributed by atoms with E-state index >= 15 is 0 Å². The number of aryl methyl sites for hydroxylation is 1. The van der Waals surface area contributed by atoms with Gasteiger partial charge in [-0.2, -0.15) is 5.26 Å². The Morgan fingerprint density at radius 3 is 2.42 bits per heavy atom. The molecule has 40 heavy (non-hydrogen) atoms. The summed E-state index contributed by atoms with van der Waals surface area (Å²) in [7, 11) is 0. The van der Waals surface area contributed by atoms with Gasteiger partial charge in [-0.05, 0) is 63.9 Å². The number of anilines is 1. The molecule has 11 heteroatoms. The molecular weight excluding hydrogens is 526 g/mol. The van der Waals surface area contributed by atoms with Crippen molar-refractivity contribution >= 4 is 35.2 Å². The highest BCUT2D eigenvalue weighted by atomic mass is 32.2. The lowest BCUT2D eigenvalue weighted by atomic mass is 10.0. The maximum Gasteiger partial charge on any atom is 0.271 e. The van der Waals surface area contributed by atoms with Crippen molar-refractivity contribution in [1.29, 1.82) is 5.26 Å². The maximum atomic E-state index is 13.0. The van der Waals surface area contributed by atoms with Crippen molar-refractivity contribution in [3.63, 3.8) is 0 Å².